The van der Waals surface area contributed by atoms with Gasteiger partial charge in [-0.25, -0.2) is 4.79 Å². The van der Waals surface area contributed by atoms with Crippen LogP contribution < -0.4 is 0 Å². The first-order valence-corrected chi connectivity index (χ1v) is 4.44. The number of hydrogen-bond donors (Lipinski definition) is 1. The van der Waals surface area contributed by atoms with Crippen molar-refractivity contribution in [3.05, 3.63) is 35.4 Å². The molecule has 1 aromatic rings. The Labute approximate surface area is 81.6 Å². The molecule has 1 heterocycles. The van der Waals surface area contributed by atoms with Crippen LogP contribution in [0.25, 0.3) is 0 Å². The lowest BCUT2D eigenvalue weighted by atomic mass is 10.1. The van der Waals surface area contributed by atoms with Gasteiger partial charge in [-0.2, -0.15) is 5.26 Å². The van der Waals surface area contributed by atoms with Crippen molar-refractivity contribution in [2.24, 2.45) is 0 Å². The fraction of sp³-hybridized carbons (Fsp3) is 0.300. The van der Waals surface area contributed by atoms with Crippen LogP contribution in [0.4, 0.5) is 4.79 Å². The third-order valence-electron chi connectivity index (χ3n) is 2.63. The largest absolute Gasteiger partial charge is 0.441 e. The Morgan fingerprint density at radius 2 is 2.29 bits per heavy atom. The Bertz CT molecular complexity index is 364. The number of hydrogen-bond acceptors (Lipinski definition) is 3. The first kappa shape index (κ1) is 9.02. The zero-order valence-electron chi connectivity index (χ0n) is 7.80. The van der Waals surface area contributed by atoms with Crippen molar-refractivity contribution < 1.29 is 14.9 Å². The van der Waals surface area contributed by atoms with E-state index in [-0.39, 0.29) is 6.04 Å². The van der Waals surface area contributed by atoms with E-state index in [1.54, 1.807) is 0 Å². The molecule has 0 spiro atoms. The topological polar surface area (TPSA) is 49.8 Å². The predicted octanol–water partition coefficient (Wildman–Crippen LogP) is 2.17. The fourth-order valence-electron chi connectivity index (χ4n) is 1.85. The average Bonchev–Trinajstić information content (AvgIpc) is 2.56. The summed E-state index contributed by atoms with van der Waals surface area (Å²) in [6, 6.07) is 7.77. The Balaban J connectivity index is 2.30. The lowest BCUT2D eigenvalue weighted by Crippen LogP contribution is -2.27. The summed E-state index contributed by atoms with van der Waals surface area (Å²) in [4.78, 5) is 16.3. The van der Waals surface area contributed by atoms with Gasteiger partial charge in [-0.05, 0) is 18.1 Å². The molecule has 0 saturated carbocycles. The van der Waals surface area contributed by atoms with Gasteiger partial charge in [0.1, 0.15) is 0 Å². The molecule has 14 heavy (non-hydrogen) atoms. The molecule has 1 aliphatic heterocycles. The molecule has 0 saturated heterocycles. The minimum absolute atomic E-state index is 0.0363. The monoisotopic (exact) mass is 193 g/mol. The normalized spacial score (nSPS) is 19.3. The van der Waals surface area contributed by atoms with E-state index in [4.69, 9.17) is 5.26 Å². The van der Waals surface area contributed by atoms with Crippen LogP contribution in [0.1, 0.15) is 24.1 Å². The van der Waals surface area contributed by atoms with Crippen LogP contribution in [0.2, 0.25) is 0 Å². The van der Waals surface area contributed by atoms with E-state index in [1.807, 2.05) is 31.2 Å². The maximum absolute atomic E-state index is 11.1. The summed E-state index contributed by atoms with van der Waals surface area (Å²) in [6.45, 7) is 2.40. The highest BCUT2D eigenvalue weighted by Gasteiger charge is 2.31. The summed E-state index contributed by atoms with van der Waals surface area (Å²) in [5.41, 5.74) is 2.21. The van der Waals surface area contributed by atoms with E-state index < -0.39 is 6.09 Å². The van der Waals surface area contributed by atoms with Crippen molar-refractivity contribution in [2.75, 3.05) is 0 Å². The van der Waals surface area contributed by atoms with Crippen LogP contribution in [0.5, 0.6) is 0 Å². The van der Waals surface area contributed by atoms with Gasteiger partial charge in [0.25, 0.3) is 0 Å². The van der Waals surface area contributed by atoms with E-state index in [0.29, 0.717) is 6.54 Å². The van der Waals surface area contributed by atoms with Crippen molar-refractivity contribution in [2.45, 2.75) is 19.5 Å². The van der Waals surface area contributed by atoms with Crippen molar-refractivity contribution in [1.29, 1.82) is 0 Å². The highest BCUT2D eigenvalue weighted by atomic mass is 17.1. The number of carbonyl (C=O) groups is 1. The quantitative estimate of drug-likeness (QED) is 0.507. The Morgan fingerprint density at radius 3 is 2.93 bits per heavy atom. The van der Waals surface area contributed by atoms with Gasteiger partial charge in [-0.1, -0.05) is 24.3 Å². The van der Waals surface area contributed by atoms with E-state index in [2.05, 4.69) is 4.89 Å². The molecule has 0 aromatic heterocycles. The summed E-state index contributed by atoms with van der Waals surface area (Å²) in [5.74, 6) is 0. The van der Waals surface area contributed by atoms with Gasteiger partial charge in [0, 0.05) is 0 Å². The van der Waals surface area contributed by atoms with Crippen LogP contribution in [0.15, 0.2) is 24.3 Å². The first-order valence-electron chi connectivity index (χ1n) is 4.44. The SMILES string of the molecule is CC1c2ccccc2CN1C(=O)OO. The Hall–Kier alpha value is -1.55. The highest BCUT2D eigenvalue weighted by molar-refractivity contribution is 5.69. The lowest BCUT2D eigenvalue weighted by molar-refractivity contribution is -0.189. The molecule has 0 fully saturated rings. The molecule has 4 heteroatoms. The van der Waals surface area contributed by atoms with Crippen LogP contribution in [-0.2, 0) is 11.4 Å². The van der Waals surface area contributed by atoms with Gasteiger partial charge < -0.3 is 0 Å². The van der Waals surface area contributed by atoms with Crippen LogP contribution in [0, 0.1) is 0 Å². The third-order valence-corrected chi connectivity index (χ3v) is 2.63. The number of nitrogens with zero attached hydrogens (tertiary/aromatic N) is 1. The first-order chi connectivity index (χ1) is 6.74. The number of benzene rings is 1. The average molecular weight is 193 g/mol. The van der Waals surface area contributed by atoms with E-state index in [9.17, 15) is 4.79 Å². The second kappa shape index (κ2) is 3.31. The van der Waals surface area contributed by atoms with Gasteiger partial charge in [-0.3, -0.25) is 9.79 Å². The second-order valence-electron chi connectivity index (χ2n) is 3.36. The third kappa shape index (κ3) is 1.24. The van der Waals surface area contributed by atoms with Crippen LogP contribution in [-0.4, -0.2) is 16.3 Å². The maximum atomic E-state index is 11.1. The summed E-state index contributed by atoms with van der Waals surface area (Å²) >= 11 is 0. The molecule has 2 rings (SSSR count). The van der Waals surface area contributed by atoms with Crippen molar-refractivity contribution in [1.82, 2.24) is 4.90 Å². The van der Waals surface area contributed by atoms with E-state index in [0.717, 1.165) is 11.1 Å². The number of fused-ring (bicyclic) bond motifs is 1. The molecule has 1 unspecified atom stereocenters. The summed E-state index contributed by atoms with van der Waals surface area (Å²) in [6.07, 6.45) is -0.700. The lowest BCUT2D eigenvalue weighted by Gasteiger charge is -2.18. The minimum Gasteiger partial charge on any atom is -0.295 e. The molecule has 0 aliphatic carbocycles. The molecule has 4 nitrogen and oxygen atoms in total. The summed E-state index contributed by atoms with van der Waals surface area (Å²) in [5, 5.41) is 8.30. The zero-order chi connectivity index (χ0) is 10.1. The molecule has 1 amide bonds. The van der Waals surface area contributed by atoms with E-state index in [1.165, 1.54) is 4.90 Å². The van der Waals surface area contributed by atoms with E-state index >= 15 is 0 Å². The van der Waals surface area contributed by atoms with Crippen LogP contribution in [0.3, 0.4) is 0 Å². The molecule has 0 radical (unpaired) electrons. The number of carbonyl (C=O) groups excluding carboxylic acids is 1. The van der Waals surface area contributed by atoms with Gasteiger partial charge in [-0.15, -0.1) is 0 Å². The molecule has 74 valence electrons. The molecule has 1 aliphatic rings. The smallest absolute Gasteiger partial charge is 0.295 e. The molecular formula is C10H11NO3. The maximum Gasteiger partial charge on any atom is 0.441 e. The van der Waals surface area contributed by atoms with Gasteiger partial charge in [0.05, 0.1) is 12.6 Å². The Morgan fingerprint density at radius 1 is 1.57 bits per heavy atom. The number of amides is 1. The number of rotatable bonds is 0. The molecule has 1 N–H and O–H groups in total. The zero-order valence-corrected chi connectivity index (χ0v) is 7.80. The standard InChI is InChI=1S/C10H11NO3/c1-7-9-5-3-2-4-8(9)6-11(7)10(12)14-13/h2-5,7,13H,6H2,1H3. The molecular weight excluding hydrogens is 182 g/mol. The van der Waals surface area contributed by atoms with Crippen molar-refractivity contribution in [3.8, 4) is 0 Å². The van der Waals surface area contributed by atoms with Crippen molar-refractivity contribution >= 4 is 6.09 Å². The highest BCUT2D eigenvalue weighted by Crippen LogP contribution is 2.32. The summed E-state index contributed by atoms with van der Waals surface area (Å²) < 4.78 is 0. The van der Waals surface area contributed by atoms with Gasteiger partial charge >= 0.3 is 6.09 Å². The van der Waals surface area contributed by atoms with Crippen LogP contribution >= 0.6 is 0 Å². The van der Waals surface area contributed by atoms with Crippen molar-refractivity contribution in [3.63, 3.8) is 0 Å². The van der Waals surface area contributed by atoms with Gasteiger partial charge in [0.15, 0.2) is 0 Å². The molecule has 1 aromatic carbocycles. The molecule has 1 atom stereocenters. The predicted molar refractivity (Wildman–Crippen MR) is 49.5 cm³/mol. The minimum atomic E-state index is -0.700. The van der Waals surface area contributed by atoms with Gasteiger partial charge in [0.2, 0.25) is 0 Å². The summed E-state index contributed by atoms with van der Waals surface area (Å²) in [7, 11) is 0. The fourth-order valence-corrected chi connectivity index (χ4v) is 1.85. The second-order valence-corrected chi connectivity index (χ2v) is 3.36. The Kier molecular flexibility index (Phi) is 2.13. The molecule has 0 bridgehead atoms.